The van der Waals surface area contributed by atoms with Crippen molar-refractivity contribution < 1.29 is 9.13 Å². The van der Waals surface area contributed by atoms with Crippen molar-refractivity contribution in [1.29, 1.82) is 0 Å². The van der Waals surface area contributed by atoms with E-state index in [-0.39, 0.29) is 18.5 Å². The third kappa shape index (κ3) is 4.24. The molecule has 2 nitrogen and oxygen atoms in total. The number of benzene rings is 1. The molecular weight excluding hydrogens is 261 g/mol. The molecule has 0 spiro atoms. The molecule has 0 aromatic heterocycles. The van der Waals surface area contributed by atoms with Crippen LogP contribution in [0.4, 0.5) is 4.39 Å². The van der Waals surface area contributed by atoms with E-state index >= 15 is 0 Å². The first-order valence-corrected chi connectivity index (χ1v) is 7.45. The summed E-state index contributed by atoms with van der Waals surface area (Å²) in [6.07, 6.45) is 1.36. The molecule has 0 amide bonds. The molecule has 2 unspecified atom stereocenters. The van der Waals surface area contributed by atoms with Crippen LogP contribution in [0, 0.1) is 17.7 Å². The van der Waals surface area contributed by atoms with E-state index in [1.165, 1.54) is 6.07 Å². The van der Waals surface area contributed by atoms with Crippen molar-refractivity contribution in [3.63, 3.8) is 0 Å². The first kappa shape index (κ1) is 14.4. The van der Waals surface area contributed by atoms with Gasteiger partial charge in [0.1, 0.15) is 5.82 Å². The van der Waals surface area contributed by atoms with Crippen LogP contribution in [-0.2, 0) is 10.5 Å². The fraction of sp³-hybridized carbons (Fsp3) is 0.467. The molecule has 4 heteroatoms. The highest BCUT2D eigenvalue weighted by molar-refractivity contribution is 7.99. The zero-order valence-electron chi connectivity index (χ0n) is 11.0. The van der Waals surface area contributed by atoms with Gasteiger partial charge in [-0.3, -0.25) is 0 Å². The largest absolute Gasteiger partial charge is 0.377 e. The van der Waals surface area contributed by atoms with Gasteiger partial charge in [-0.15, -0.1) is 0 Å². The standard InChI is InChI=1S/C15H18FNOS/c1-11-15(4-6-18-11)19-10-13-7-12(3-2-5-17)8-14(16)9-13/h7-9,11,15H,4-6,10,17H2,1H3. The summed E-state index contributed by atoms with van der Waals surface area (Å²) in [5, 5.41) is 0.502. The van der Waals surface area contributed by atoms with Gasteiger partial charge in [0.25, 0.3) is 0 Å². The summed E-state index contributed by atoms with van der Waals surface area (Å²) in [5.74, 6) is 6.17. The minimum atomic E-state index is -0.241. The maximum Gasteiger partial charge on any atom is 0.124 e. The van der Waals surface area contributed by atoms with Crippen molar-refractivity contribution in [2.75, 3.05) is 13.2 Å². The van der Waals surface area contributed by atoms with Gasteiger partial charge in [0, 0.05) is 23.2 Å². The van der Waals surface area contributed by atoms with Crippen molar-refractivity contribution in [2.24, 2.45) is 5.73 Å². The highest BCUT2D eigenvalue weighted by Crippen LogP contribution is 2.29. The number of thioether (sulfide) groups is 1. The Labute approximate surface area is 117 Å². The topological polar surface area (TPSA) is 35.2 Å². The van der Waals surface area contributed by atoms with Crippen LogP contribution in [0.15, 0.2) is 18.2 Å². The summed E-state index contributed by atoms with van der Waals surface area (Å²) in [4.78, 5) is 0. The second-order valence-electron chi connectivity index (χ2n) is 4.57. The Morgan fingerprint density at radius 3 is 3.00 bits per heavy atom. The zero-order valence-corrected chi connectivity index (χ0v) is 11.8. The molecule has 1 aromatic rings. The third-order valence-corrected chi connectivity index (χ3v) is 4.61. The highest BCUT2D eigenvalue weighted by atomic mass is 32.2. The Morgan fingerprint density at radius 1 is 1.47 bits per heavy atom. The molecule has 1 heterocycles. The fourth-order valence-electron chi connectivity index (χ4n) is 2.09. The molecule has 2 atom stereocenters. The van der Waals surface area contributed by atoms with Gasteiger partial charge in [0.05, 0.1) is 12.6 Å². The lowest BCUT2D eigenvalue weighted by Gasteiger charge is -2.13. The second-order valence-corrected chi connectivity index (χ2v) is 5.80. The zero-order chi connectivity index (χ0) is 13.7. The van der Waals surface area contributed by atoms with Gasteiger partial charge in [-0.25, -0.2) is 4.39 Å². The third-order valence-electron chi connectivity index (χ3n) is 3.06. The molecule has 2 rings (SSSR count). The van der Waals surface area contributed by atoms with Gasteiger partial charge in [-0.05, 0) is 37.1 Å². The normalized spacial score (nSPS) is 22.1. The summed E-state index contributed by atoms with van der Waals surface area (Å²) >= 11 is 1.82. The van der Waals surface area contributed by atoms with Crippen molar-refractivity contribution in [3.8, 4) is 11.8 Å². The summed E-state index contributed by atoms with van der Waals surface area (Å²) in [5.41, 5.74) is 6.98. The number of nitrogens with two attached hydrogens (primary N) is 1. The molecular formula is C15H18FNOS. The Kier molecular flexibility index (Phi) is 5.26. The average molecular weight is 279 g/mol. The van der Waals surface area contributed by atoms with E-state index in [1.54, 1.807) is 6.07 Å². The first-order valence-electron chi connectivity index (χ1n) is 6.40. The van der Waals surface area contributed by atoms with E-state index in [2.05, 4.69) is 18.8 Å². The van der Waals surface area contributed by atoms with Crippen LogP contribution in [0.3, 0.4) is 0 Å². The lowest BCUT2D eigenvalue weighted by molar-refractivity contribution is 0.127. The monoisotopic (exact) mass is 279 g/mol. The lowest BCUT2D eigenvalue weighted by atomic mass is 10.1. The van der Waals surface area contributed by atoms with Gasteiger partial charge >= 0.3 is 0 Å². The number of halogens is 1. The van der Waals surface area contributed by atoms with Crippen LogP contribution >= 0.6 is 11.8 Å². The van der Waals surface area contributed by atoms with Gasteiger partial charge in [-0.1, -0.05) is 11.8 Å². The van der Waals surface area contributed by atoms with Crippen molar-refractivity contribution in [2.45, 2.75) is 30.5 Å². The van der Waals surface area contributed by atoms with Crippen molar-refractivity contribution >= 4 is 11.8 Å². The SMILES string of the molecule is CC1OCCC1SCc1cc(F)cc(C#CCN)c1. The van der Waals surface area contributed by atoms with Crippen LogP contribution < -0.4 is 5.73 Å². The smallest absolute Gasteiger partial charge is 0.124 e. The molecule has 1 aromatic carbocycles. The molecule has 102 valence electrons. The van der Waals surface area contributed by atoms with Crippen LogP contribution in [0.25, 0.3) is 0 Å². The highest BCUT2D eigenvalue weighted by Gasteiger charge is 2.24. The van der Waals surface area contributed by atoms with Crippen LogP contribution in [0.2, 0.25) is 0 Å². The summed E-state index contributed by atoms with van der Waals surface area (Å²) in [6.45, 7) is 3.21. The molecule has 2 N–H and O–H groups in total. The van der Waals surface area contributed by atoms with Gasteiger partial charge in [-0.2, -0.15) is 11.8 Å². The van der Waals surface area contributed by atoms with Crippen molar-refractivity contribution in [3.05, 3.63) is 35.1 Å². The minimum absolute atomic E-state index is 0.241. The Morgan fingerprint density at radius 2 is 2.32 bits per heavy atom. The molecule has 0 radical (unpaired) electrons. The molecule has 1 saturated heterocycles. The summed E-state index contributed by atoms with van der Waals surface area (Å²) in [7, 11) is 0. The predicted octanol–water partition coefficient (Wildman–Crippen LogP) is 2.55. The first-order chi connectivity index (χ1) is 9.19. The average Bonchev–Trinajstić information content (AvgIpc) is 2.79. The number of rotatable bonds is 3. The van der Waals surface area contributed by atoms with Crippen LogP contribution in [0.1, 0.15) is 24.5 Å². The second kappa shape index (κ2) is 6.95. The fourth-order valence-corrected chi connectivity index (χ4v) is 3.28. The number of hydrogen-bond acceptors (Lipinski definition) is 3. The molecule has 19 heavy (non-hydrogen) atoms. The lowest BCUT2D eigenvalue weighted by Crippen LogP contribution is -2.13. The van der Waals surface area contributed by atoms with E-state index < -0.39 is 0 Å². The quantitative estimate of drug-likeness (QED) is 0.864. The minimum Gasteiger partial charge on any atom is -0.377 e. The van der Waals surface area contributed by atoms with Gasteiger partial charge in [0.2, 0.25) is 0 Å². The van der Waals surface area contributed by atoms with Gasteiger partial charge in [0.15, 0.2) is 0 Å². The molecule has 0 saturated carbocycles. The van der Waals surface area contributed by atoms with Gasteiger partial charge < -0.3 is 10.5 Å². The summed E-state index contributed by atoms with van der Waals surface area (Å²) in [6, 6.07) is 4.94. The Hall–Kier alpha value is -1.02. The Bertz CT molecular complexity index is 495. The maximum absolute atomic E-state index is 13.5. The van der Waals surface area contributed by atoms with E-state index in [9.17, 15) is 4.39 Å². The molecule has 0 aliphatic carbocycles. The van der Waals surface area contributed by atoms with E-state index in [4.69, 9.17) is 10.5 Å². The van der Waals surface area contributed by atoms with E-state index in [1.807, 2.05) is 17.8 Å². The summed E-state index contributed by atoms with van der Waals surface area (Å²) < 4.78 is 19.0. The van der Waals surface area contributed by atoms with Crippen LogP contribution in [0.5, 0.6) is 0 Å². The number of hydrogen-bond donors (Lipinski definition) is 1. The number of ether oxygens (including phenoxy) is 1. The molecule has 0 bridgehead atoms. The predicted molar refractivity (Wildman–Crippen MR) is 77.4 cm³/mol. The molecule has 1 fully saturated rings. The van der Waals surface area contributed by atoms with E-state index in [0.29, 0.717) is 10.8 Å². The van der Waals surface area contributed by atoms with E-state index in [0.717, 1.165) is 24.3 Å². The maximum atomic E-state index is 13.5. The van der Waals surface area contributed by atoms with Crippen LogP contribution in [-0.4, -0.2) is 24.5 Å². The molecule has 1 aliphatic heterocycles. The van der Waals surface area contributed by atoms with Crippen molar-refractivity contribution in [1.82, 2.24) is 0 Å². The Balaban J connectivity index is 2.01. The molecule has 1 aliphatic rings.